The van der Waals surface area contributed by atoms with Gasteiger partial charge in [0.15, 0.2) is 0 Å². The lowest BCUT2D eigenvalue weighted by molar-refractivity contribution is -0.140. The van der Waals surface area contributed by atoms with E-state index in [2.05, 4.69) is 5.32 Å². The van der Waals surface area contributed by atoms with Crippen LogP contribution in [-0.4, -0.2) is 28.6 Å². The zero-order valence-corrected chi connectivity index (χ0v) is 8.80. The van der Waals surface area contributed by atoms with Gasteiger partial charge in [0, 0.05) is 6.54 Å². The number of phenolic OH excluding ortho intramolecular Hbond substituents is 1. The Morgan fingerprint density at radius 1 is 1.38 bits per heavy atom. The van der Waals surface area contributed by atoms with E-state index in [-0.39, 0.29) is 17.9 Å². The summed E-state index contributed by atoms with van der Waals surface area (Å²) < 4.78 is 0. The highest BCUT2D eigenvalue weighted by Gasteiger charge is 2.14. The normalized spacial score (nSPS) is 11.8. The molecule has 0 fully saturated rings. The SMILES string of the molecule is CC(CNC(=O)c1ccccc1O)C(=O)O. The molecule has 0 aliphatic carbocycles. The maximum absolute atomic E-state index is 11.5. The van der Waals surface area contributed by atoms with Crippen LogP contribution >= 0.6 is 0 Å². The number of aromatic hydroxyl groups is 1. The smallest absolute Gasteiger partial charge is 0.308 e. The number of carbonyl (C=O) groups excluding carboxylic acids is 1. The van der Waals surface area contributed by atoms with E-state index in [0.29, 0.717) is 0 Å². The second kappa shape index (κ2) is 5.16. The topological polar surface area (TPSA) is 86.6 Å². The zero-order valence-electron chi connectivity index (χ0n) is 8.80. The molecule has 3 N–H and O–H groups in total. The first-order valence-corrected chi connectivity index (χ1v) is 4.81. The first-order chi connectivity index (χ1) is 7.52. The molecule has 0 saturated carbocycles. The molecule has 86 valence electrons. The minimum Gasteiger partial charge on any atom is -0.507 e. The van der Waals surface area contributed by atoms with Crippen molar-refractivity contribution in [1.82, 2.24) is 5.32 Å². The summed E-state index contributed by atoms with van der Waals surface area (Å²) in [5.74, 6) is -2.23. The van der Waals surface area contributed by atoms with Crippen LogP contribution in [0.1, 0.15) is 17.3 Å². The van der Waals surface area contributed by atoms with Gasteiger partial charge in [-0.2, -0.15) is 0 Å². The fraction of sp³-hybridized carbons (Fsp3) is 0.273. The van der Waals surface area contributed by atoms with E-state index in [1.54, 1.807) is 12.1 Å². The lowest BCUT2D eigenvalue weighted by Gasteiger charge is -2.09. The van der Waals surface area contributed by atoms with Gasteiger partial charge >= 0.3 is 5.97 Å². The number of hydrogen-bond acceptors (Lipinski definition) is 3. The highest BCUT2D eigenvalue weighted by molar-refractivity contribution is 5.96. The average molecular weight is 223 g/mol. The Labute approximate surface area is 92.7 Å². The van der Waals surface area contributed by atoms with Crippen LogP contribution in [0, 0.1) is 5.92 Å². The van der Waals surface area contributed by atoms with E-state index in [9.17, 15) is 14.7 Å². The Morgan fingerprint density at radius 3 is 2.56 bits per heavy atom. The van der Waals surface area contributed by atoms with Crippen molar-refractivity contribution in [2.45, 2.75) is 6.92 Å². The second-order valence-corrected chi connectivity index (χ2v) is 3.47. The van der Waals surface area contributed by atoms with E-state index in [4.69, 9.17) is 5.11 Å². The molecule has 0 aromatic heterocycles. The summed E-state index contributed by atoms with van der Waals surface area (Å²) in [5, 5.41) is 20.4. The molecule has 1 aromatic carbocycles. The number of aliphatic carboxylic acids is 1. The Kier molecular flexibility index (Phi) is 3.88. The number of benzene rings is 1. The first-order valence-electron chi connectivity index (χ1n) is 4.81. The van der Waals surface area contributed by atoms with Crippen LogP contribution in [0.25, 0.3) is 0 Å². The van der Waals surface area contributed by atoms with Crippen molar-refractivity contribution in [3.8, 4) is 5.75 Å². The van der Waals surface area contributed by atoms with Crippen molar-refractivity contribution >= 4 is 11.9 Å². The molecule has 1 aromatic rings. The van der Waals surface area contributed by atoms with Crippen LogP contribution in [0.3, 0.4) is 0 Å². The van der Waals surface area contributed by atoms with Crippen molar-refractivity contribution in [3.05, 3.63) is 29.8 Å². The number of nitrogens with one attached hydrogen (secondary N) is 1. The molecule has 1 unspecified atom stereocenters. The van der Waals surface area contributed by atoms with Crippen molar-refractivity contribution in [2.75, 3.05) is 6.54 Å². The number of rotatable bonds is 4. The summed E-state index contributed by atoms with van der Waals surface area (Å²) in [5.41, 5.74) is 0.139. The van der Waals surface area contributed by atoms with Gasteiger partial charge in [0.2, 0.25) is 0 Å². The van der Waals surface area contributed by atoms with Crippen LogP contribution in [-0.2, 0) is 4.79 Å². The predicted molar refractivity (Wildman–Crippen MR) is 57.2 cm³/mol. The van der Waals surface area contributed by atoms with E-state index in [1.807, 2.05) is 0 Å². The summed E-state index contributed by atoms with van der Waals surface area (Å²) in [6, 6.07) is 6.09. The number of carboxylic acid groups (broad SMARTS) is 1. The van der Waals surface area contributed by atoms with Crippen LogP contribution in [0.2, 0.25) is 0 Å². The first kappa shape index (κ1) is 12.0. The summed E-state index contributed by atoms with van der Waals surface area (Å²) in [7, 11) is 0. The molecule has 0 radical (unpaired) electrons. The Morgan fingerprint density at radius 2 is 2.00 bits per heavy atom. The van der Waals surface area contributed by atoms with Gasteiger partial charge in [0.1, 0.15) is 5.75 Å². The highest BCUT2D eigenvalue weighted by Crippen LogP contribution is 2.14. The van der Waals surface area contributed by atoms with Crippen LogP contribution < -0.4 is 5.32 Å². The summed E-state index contributed by atoms with van der Waals surface area (Å²) in [6.45, 7) is 1.52. The standard InChI is InChI=1S/C11H13NO4/c1-7(11(15)16)6-12-10(14)8-4-2-3-5-9(8)13/h2-5,7,13H,6H2,1H3,(H,12,14)(H,15,16). The van der Waals surface area contributed by atoms with Gasteiger partial charge in [0.25, 0.3) is 5.91 Å². The molecule has 0 bridgehead atoms. The van der Waals surface area contributed by atoms with Crippen molar-refractivity contribution in [1.29, 1.82) is 0 Å². The summed E-state index contributed by atoms with van der Waals surface area (Å²) >= 11 is 0. The molecule has 1 amide bonds. The quantitative estimate of drug-likeness (QED) is 0.706. The molecule has 0 aliphatic heterocycles. The molecule has 0 spiro atoms. The number of para-hydroxylation sites is 1. The zero-order chi connectivity index (χ0) is 12.1. The van der Waals surface area contributed by atoms with E-state index < -0.39 is 17.8 Å². The molecule has 1 atom stereocenters. The van der Waals surface area contributed by atoms with Gasteiger partial charge in [-0.25, -0.2) is 0 Å². The minimum atomic E-state index is -0.974. The average Bonchev–Trinajstić information content (AvgIpc) is 2.25. The lowest BCUT2D eigenvalue weighted by Crippen LogP contribution is -2.31. The van der Waals surface area contributed by atoms with Crippen molar-refractivity contribution in [2.24, 2.45) is 5.92 Å². The maximum Gasteiger partial charge on any atom is 0.308 e. The van der Waals surface area contributed by atoms with Gasteiger partial charge < -0.3 is 15.5 Å². The highest BCUT2D eigenvalue weighted by atomic mass is 16.4. The summed E-state index contributed by atoms with van der Waals surface area (Å²) in [4.78, 5) is 22.0. The van der Waals surface area contributed by atoms with Gasteiger partial charge in [-0.3, -0.25) is 9.59 Å². The van der Waals surface area contributed by atoms with E-state index in [0.717, 1.165) is 0 Å². The van der Waals surface area contributed by atoms with Crippen LogP contribution in [0.4, 0.5) is 0 Å². The molecule has 1 rings (SSSR count). The predicted octanol–water partition coefficient (Wildman–Crippen LogP) is 0.843. The number of hydrogen-bond donors (Lipinski definition) is 3. The number of carbonyl (C=O) groups is 2. The van der Waals surface area contributed by atoms with Crippen LogP contribution in [0.15, 0.2) is 24.3 Å². The number of carboxylic acids is 1. The van der Waals surface area contributed by atoms with Gasteiger partial charge in [0.05, 0.1) is 11.5 Å². The molecule has 16 heavy (non-hydrogen) atoms. The molecule has 0 heterocycles. The van der Waals surface area contributed by atoms with Gasteiger partial charge in [-0.15, -0.1) is 0 Å². The lowest BCUT2D eigenvalue weighted by atomic mass is 10.1. The minimum absolute atomic E-state index is 0.0303. The maximum atomic E-state index is 11.5. The molecule has 0 aliphatic rings. The Balaban J connectivity index is 2.60. The molecule has 5 nitrogen and oxygen atoms in total. The number of phenols is 1. The van der Waals surface area contributed by atoms with Gasteiger partial charge in [-0.05, 0) is 12.1 Å². The Bertz CT molecular complexity index is 403. The van der Waals surface area contributed by atoms with Gasteiger partial charge in [-0.1, -0.05) is 19.1 Å². The third kappa shape index (κ3) is 2.98. The largest absolute Gasteiger partial charge is 0.507 e. The second-order valence-electron chi connectivity index (χ2n) is 3.47. The molecular formula is C11H13NO4. The fourth-order valence-corrected chi connectivity index (χ4v) is 1.09. The fourth-order valence-electron chi connectivity index (χ4n) is 1.09. The summed E-state index contributed by atoms with van der Waals surface area (Å²) in [6.07, 6.45) is 0. The van der Waals surface area contributed by atoms with E-state index in [1.165, 1.54) is 19.1 Å². The van der Waals surface area contributed by atoms with E-state index >= 15 is 0 Å². The third-order valence-corrected chi connectivity index (χ3v) is 2.14. The molecular weight excluding hydrogens is 210 g/mol. The molecule has 5 heteroatoms. The van der Waals surface area contributed by atoms with Crippen molar-refractivity contribution < 1.29 is 19.8 Å². The third-order valence-electron chi connectivity index (χ3n) is 2.14. The molecule has 0 saturated heterocycles. The monoisotopic (exact) mass is 223 g/mol. The van der Waals surface area contributed by atoms with Crippen molar-refractivity contribution in [3.63, 3.8) is 0 Å². The Hall–Kier alpha value is -2.04. The number of amides is 1. The van der Waals surface area contributed by atoms with Crippen LogP contribution in [0.5, 0.6) is 5.75 Å².